The van der Waals surface area contributed by atoms with E-state index in [1.807, 2.05) is 6.92 Å². The van der Waals surface area contributed by atoms with E-state index in [-0.39, 0.29) is 5.97 Å². The Balaban J connectivity index is 3.12. The van der Waals surface area contributed by atoms with E-state index >= 15 is 0 Å². The van der Waals surface area contributed by atoms with Crippen LogP contribution in [0.4, 0.5) is 0 Å². The van der Waals surface area contributed by atoms with Gasteiger partial charge in [-0.05, 0) is 38.0 Å². The van der Waals surface area contributed by atoms with Crippen LogP contribution in [0.5, 0.6) is 0 Å². The smallest absolute Gasteiger partial charge is 0.305 e. The Hall–Kier alpha value is -0.570. The van der Waals surface area contributed by atoms with Crippen molar-refractivity contribution in [3.63, 3.8) is 0 Å². The van der Waals surface area contributed by atoms with Gasteiger partial charge in [-0.2, -0.15) is 0 Å². The number of carbonyl (C=O) groups excluding carboxylic acids is 1. The molecule has 0 aromatic carbocycles. The average molecular weight is 272 g/mol. The van der Waals surface area contributed by atoms with Crippen molar-refractivity contribution in [1.29, 1.82) is 0 Å². The fraction of sp³-hybridized carbons (Fsp3) is 0.938. The van der Waals surface area contributed by atoms with Crippen LogP contribution >= 0.6 is 0 Å². The topological polar surface area (TPSA) is 35.5 Å². The van der Waals surface area contributed by atoms with Crippen LogP contribution in [-0.2, 0) is 14.3 Å². The summed E-state index contributed by atoms with van der Waals surface area (Å²) < 4.78 is 10.7. The molecule has 114 valence electrons. The molecule has 0 N–H and O–H groups in total. The molecule has 0 aliphatic carbocycles. The second-order valence-electron chi connectivity index (χ2n) is 5.33. The summed E-state index contributed by atoms with van der Waals surface area (Å²) in [4.78, 5) is 11.1. The number of unbranched alkanes of at least 4 members (excludes halogenated alkanes) is 1. The molecule has 0 aliphatic heterocycles. The van der Waals surface area contributed by atoms with Gasteiger partial charge in [0.25, 0.3) is 0 Å². The maximum atomic E-state index is 11.1. The molecule has 0 bridgehead atoms. The van der Waals surface area contributed by atoms with Crippen molar-refractivity contribution in [2.75, 3.05) is 19.8 Å². The van der Waals surface area contributed by atoms with Gasteiger partial charge in [-0.3, -0.25) is 4.79 Å². The van der Waals surface area contributed by atoms with Crippen LogP contribution in [0, 0.1) is 5.92 Å². The van der Waals surface area contributed by atoms with Crippen molar-refractivity contribution in [1.82, 2.24) is 0 Å². The van der Waals surface area contributed by atoms with Crippen LogP contribution < -0.4 is 0 Å². The Morgan fingerprint density at radius 2 is 1.63 bits per heavy atom. The van der Waals surface area contributed by atoms with Crippen LogP contribution in [0.25, 0.3) is 0 Å². The van der Waals surface area contributed by atoms with Gasteiger partial charge >= 0.3 is 5.97 Å². The summed E-state index contributed by atoms with van der Waals surface area (Å²) in [6.45, 7) is 8.72. The molecule has 1 atom stereocenters. The Kier molecular flexibility index (Phi) is 13.4. The molecule has 0 saturated carbocycles. The lowest BCUT2D eigenvalue weighted by atomic mass is 10.0. The predicted octanol–water partition coefficient (Wildman–Crippen LogP) is 4.34. The van der Waals surface area contributed by atoms with Crippen LogP contribution in [0.3, 0.4) is 0 Å². The average Bonchev–Trinajstić information content (AvgIpc) is 2.37. The summed E-state index contributed by atoms with van der Waals surface area (Å²) >= 11 is 0. The zero-order chi connectivity index (χ0) is 14.3. The van der Waals surface area contributed by atoms with Crippen molar-refractivity contribution in [2.45, 2.75) is 72.1 Å². The quantitative estimate of drug-likeness (QED) is 0.369. The molecule has 0 aromatic heterocycles. The lowest BCUT2D eigenvalue weighted by molar-refractivity contribution is -0.143. The first-order valence-corrected chi connectivity index (χ1v) is 7.94. The summed E-state index contributed by atoms with van der Waals surface area (Å²) in [5, 5.41) is 0. The highest BCUT2D eigenvalue weighted by molar-refractivity contribution is 5.69. The minimum absolute atomic E-state index is 0.0756. The van der Waals surface area contributed by atoms with E-state index in [1.54, 1.807) is 0 Å². The maximum Gasteiger partial charge on any atom is 0.305 e. The zero-order valence-electron chi connectivity index (χ0n) is 13.1. The molecule has 0 aliphatic rings. The molecular weight excluding hydrogens is 240 g/mol. The Morgan fingerprint density at radius 3 is 2.32 bits per heavy atom. The SMILES string of the molecule is CCCC(=O)OCCCCOCCCC(C)CCC. The van der Waals surface area contributed by atoms with E-state index in [0.717, 1.165) is 44.8 Å². The van der Waals surface area contributed by atoms with Crippen LogP contribution in [0.2, 0.25) is 0 Å². The van der Waals surface area contributed by atoms with Gasteiger partial charge in [-0.15, -0.1) is 0 Å². The first-order chi connectivity index (χ1) is 9.20. The number of esters is 1. The molecule has 0 spiro atoms. The molecular formula is C16H32O3. The van der Waals surface area contributed by atoms with Gasteiger partial charge in [-0.25, -0.2) is 0 Å². The molecule has 19 heavy (non-hydrogen) atoms. The van der Waals surface area contributed by atoms with Gasteiger partial charge in [0.1, 0.15) is 0 Å². The van der Waals surface area contributed by atoms with E-state index < -0.39 is 0 Å². The largest absolute Gasteiger partial charge is 0.466 e. The summed E-state index contributed by atoms with van der Waals surface area (Å²) in [5.41, 5.74) is 0. The van der Waals surface area contributed by atoms with E-state index in [4.69, 9.17) is 9.47 Å². The fourth-order valence-electron chi connectivity index (χ4n) is 2.04. The van der Waals surface area contributed by atoms with Crippen LogP contribution in [-0.4, -0.2) is 25.8 Å². The predicted molar refractivity (Wildman–Crippen MR) is 79.2 cm³/mol. The Morgan fingerprint density at radius 1 is 0.947 bits per heavy atom. The summed E-state index contributed by atoms with van der Waals surface area (Å²) in [6.07, 6.45) is 8.30. The summed E-state index contributed by atoms with van der Waals surface area (Å²) in [7, 11) is 0. The van der Waals surface area contributed by atoms with Crippen molar-refractivity contribution in [3.8, 4) is 0 Å². The van der Waals surface area contributed by atoms with E-state index in [0.29, 0.717) is 13.0 Å². The lowest BCUT2D eigenvalue weighted by Gasteiger charge is -2.09. The summed E-state index contributed by atoms with van der Waals surface area (Å²) in [6, 6.07) is 0. The zero-order valence-corrected chi connectivity index (χ0v) is 13.1. The van der Waals surface area contributed by atoms with Crippen molar-refractivity contribution < 1.29 is 14.3 Å². The standard InChI is InChI=1S/C16H32O3/c1-4-9-15(3)11-8-13-18-12-6-7-14-19-16(17)10-5-2/h15H,4-14H2,1-3H3. The fourth-order valence-corrected chi connectivity index (χ4v) is 2.04. The molecule has 0 aromatic rings. The van der Waals surface area contributed by atoms with E-state index in [9.17, 15) is 4.79 Å². The van der Waals surface area contributed by atoms with Crippen molar-refractivity contribution >= 4 is 5.97 Å². The highest BCUT2D eigenvalue weighted by Crippen LogP contribution is 2.11. The van der Waals surface area contributed by atoms with E-state index in [2.05, 4.69) is 13.8 Å². The third-order valence-corrected chi connectivity index (χ3v) is 3.17. The monoisotopic (exact) mass is 272 g/mol. The number of hydrogen-bond donors (Lipinski definition) is 0. The lowest BCUT2D eigenvalue weighted by Crippen LogP contribution is -2.06. The minimum Gasteiger partial charge on any atom is -0.466 e. The molecule has 3 nitrogen and oxygen atoms in total. The molecule has 3 heteroatoms. The van der Waals surface area contributed by atoms with Gasteiger partial charge in [0.2, 0.25) is 0 Å². The van der Waals surface area contributed by atoms with Crippen LogP contribution in [0.1, 0.15) is 72.1 Å². The van der Waals surface area contributed by atoms with Gasteiger partial charge in [0, 0.05) is 19.6 Å². The molecule has 1 unspecified atom stereocenters. The molecule has 0 rings (SSSR count). The molecule has 0 saturated heterocycles. The number of hydrogen-bond acceptors (Lipinski definition) is 3. The first kappa shape index (κ1) is 18.4. The van der Waals surface area contributed by atoms with Crippen molar-refractivity contribution in [3.05, 3.63) is 0 Å². The number of ether oxygens (including phenoxy) is 2. The van der Waals surface area contributed by atoms with Crippen molar-refractivity contribution in [2.24, 2.45) is 5.92 Å². The maximum absolute atomic E-state index is 11.1. The van der Waals surface area contributed by atoms with E-state index in [1.165, 1.54) is 19.3 Å². The highest BCUT2D eigenvalue weighted by atomic mass is 16.5. The second kappa shape index (κ2) is 13.9. The molecule has 0 fully saturated rings. The first-order valence-electron chi connectivity index (χ1n) is 7.94. The number of rotatable bonds is 13. The second-order valence-corrected chi connectivity index (χ2v) is 5.33. The Bertz CT molecular complexity index is 204. The van der Waals surface area contributed by atoms with Gasteiger partial charge in [0.05, 0.1) is 6.61 Å². The number of carbonyl (C=O) groups is 1. The van der Waals surface area contributed by atoms with Gasteiger partial charge in [-0.1, -0.05) is 33.6 Å². The molecule has 0 amide bonds. The molecule has 0 heterocycles. The van der Waals surface area contributed by atoms with Crippen LogP contribution in [0.15, 0.2) is 0 Å². The third kappa shape index (κ3) is 13.7. The van der Waals surface area contributed by atoms with Gasteiger partial charge < -0.3 is 9.47 Å². The third-order valence-electron chi connectivity index (χ3n) is 3.17. The normalized spacial score (nSPS) is 12.4. The molecule has 0 radical (unpaired) electrons. The minimum atomic E-state index is -0.0756. The van der Waals surface area contributed by atoms with Gasteiger partial charge in [0.15, 0.2) is 0 Å². The Labute approximate surface area is 119 Å². The highest BCUT2D eigenvalue weighted by Gasteiger charge is 2.01. The summed E-state index contributed by atoms with van der Waals surface area (Å²) in [5.74, 6) is 0.750.